The van der Waals surface area contributed by atoms with E-state index in [4.69, 9.17) is 0 Å². The zero-order chi connectivity index (χ0) is 12.3. The Hall–Kier alpha value is -0.650. The molecule has 0 bridgehead atoms. The molecule has 0 fully saturated rings. The van der Waals surface area contributed by atoms with Crippen molar-refractivity contribution in [3.8, 4) is 0 Å². The van der Waals surface area contributed by atoms with Gasteiger partial charge in [-0.25, -0.2) is 0 Å². The van der Waals surface area contributed by atoms with Gasteiger partial charge in [0.25, 0.3) is 0 Å². The van der Waals surface area contributed by atoms with Crippen LogP contribution >= 0.6 is 43.2 Å². The molecule has 0 spiro atoms. The molecular formula is C12H9Br2NOS. The first-order valence-electron chi connectivity index (χ1n) is 4.93. The van der Waals surface area contributed by atoms with Crippen LogP contribution in [0.1, 0.15) is 4.88 Å². The summed E-state index contributed by atoms with van der Waals surface area (Å²) >= 11 is 8.32. The van der Waals surface area contributed by atoms with E-state index in [0.29, 0.717) is 6.42 Å². The first kappa shape index (κ1) is 12.8. The van der Waals surface area contributed by atoms with Crippen LogP contribution in [0.25, 0.3) is 0 Å². The van der Waals surface area contributed by atoms with E-state index in [0.717, 1.165) is 18.8 Å². The van der Waals surface area contributed by atoms with Crippen molar-refractivity contribution < 1.29 is 4.79 Å². The molecule has 0 radical (unpaired) electrons. The van der Waals surface area contributed by atoms with Gasteiger partial charge in [0.15, 0.2) is 0 Å². The monoisotopic (exact) mass is 373 g/mol. The summed E-state index contributed by atoms with van der Waals surface area (Å²) in [5.41, 5.74) is 0.806. The van der Waals surface area contributed by atoms with Crippen molar-refractivity contribution >= 4 is 54.8 Å². The maximum atomic E-state index is 11.8. The molecular weight excluding hydrogens is 366 g/mol. The van der Waals surface area contributed by atoms with Gasteiger partial charge in [0.2, 0.25) is 5.91 Å². The molecule has 1 aromatic heterocycles. The van der Waals surface area contributed by atoms with Gasteiger partial charge in [-0.3, -0.25) is 4.79 Å². The molecule has 1 heterocycles. The van der Waals surface area contributed by atoms with E-state index >= 15 is 0 Å². The fourth-order valence-electron chi connectivity index (χ4n) is 1.38. The van der Waals surface area contributed by atoms with Gasteiger partial charge in [-0.2, -0.15) is 0 Å². The van der Waals surface area contributed by atoms with Crippen LogP contribution in [0.4, 0.5) is 5.69 Å². The number of carbonyl (C=O) groups is 1. The topological polar surface area (TPSA) is 29.1 Å². The van der Waals surface area contributed by atoms with Crippen LogP contribution in [0.3, 0.4) is 0 Å². The van der Waals surface area contributed by atoms with Crippen LogP contribution in [0.15, 0.2) is 44.7 Å². The number of amides is 1. The zero-order valence-corrected chi connectivity index (χ0v) is 12.7. The SMILES string of the molecule is O=C(Cc1ccc(Br)s1)Nc1cccc(Br)c1. The van der Waals surface area contributed by atoms with Crippen LogP contribution < -0.4 is 5.32 Å². The molecule has 0 atom stereocenters. The van der Waals surface area contributed by atoms with Crippen molar-refractivity contribution in [2.75, 3.05) is 5.32 Å². The standard InChI is InChI=1S/C12H9Br2NOS/c13-8-2-1-3-9(6-8)15-12(16)7-10-4-5-11(14)17-10/h1-6H,7H2,(H,15,16). The first-order chi connectivity index (χ1) is 8.13. The molecule has 1 aromatic carbocycles. The minimum Gasteiger partial charge on any atom is -0.326 e. The van der Waals surface area contributed by atoms with E-state index in [-0.39, 0.29) is 5.91 Å². The van der Waals surface area contributed by atoms with Gasteiger partial charge in [-0.1, -0.05) is 22.0 Å². The number of thiophene rings is 1. The fourth-order valence-corrected chi connectivity index (χ4v) is 3.26. The van der Waals surface area contributed by atoms with Gasteiger partial charge in [-0.15, -0.1) is 11.3 Å². The van der Waals surface area contributed by atoms with E-state index in [1.54, 1.807) is 11.3 Å². The smallest absolute Gasteiger partial charge is 0.229 e. The molecule has 5 heteroatoms. The highest BCUT2D eigenvalue weighted by Gasteiger charge is 2.06. The molecule has 0 saturated heterocycles. The maximum absolute atomic E-state index is 11.8. The molecule has 1 N–H and O–H groups in total. The summed E-state index contributed by atoms with van der Waals surface area (Å²) in [6.45, 7) is 0. The lowest BCUT2D eigenvalue weighted by Gasteiger charge is -2.04. The number of rotatable bonds is 3. The Labute approximate surface area is 120 Å². The number of nitrogens with one attached hydrogen (secondary N) is 1. The summed E-state index contributed by atoms with van der Waals surface area (Å²) < 4.78 is 2.00. The van der Waals surface area contributed by atoms with Crippen molar-refractivity contribution in [2.45, 2.75) is 6.42 Å². The quantitative estimate of drug-likeness (QED) is 0.844. The fraction of sp³-hybridized carbons (Fsp3) is 0.0833. The van der Waals surface area contributed by atoms with Crippen LogP contribution in [0.2, 0.25) is 0 Å². The highest BCUT2D eigenvalue weighted by atomic mass is 79.9. The predicted molar refractivity (Wildman–Crippen MR) is 78.5 cm³/mol. The number of anilines is 1. The summed E-state index contributed by atoms with van der Waals surface area (Å²) in [4.78, 5) is 12.8. The molecule has 2 rings (SSSR count). The van der Waals surface area contributed by atoms with E-state index in [2.05, 4.69) is 37.2 Å². The molecule has 0 aliphatic rings. The van der Waals surface area contributed by atoms with Gasteiger partial charge in [0, 0.05) is 15.0 Å². The lowest BCUT2D eigenvalue weighted by Crippen LogP contribution is -2.13. The molecule has 17 heavy (non-hydrogen) atoms. The summed E-state index contributed by atoms with van der Waals surface area (Å²) in [5.74, 6) is -0.00236. The minimum atomic E-state index is -0.00236. The Bertz CT molecular complexity index is 539. The lowest BCUT2D eigenvalue weighted by molar-refractivity contribution is -0.115. The van der Waals surface area contributed by atoms with Crippen LogP contribution in [-0.2, 0) is 11.2 Å². The third-order valence-corrected chi connectivity index (χ3v) is 4.19. The van der Waals surface area contributed by atoms with E-state index in [1.807, 2.05) is 36.4 Å². The Morgan fingerprint density at radius 1 is 1.24 bits per heavy atom. The maximum Gasteiger partial charge on any atom is 0.229 e. The third-order valence-electron chi connectivity index (χ3n) is 2.07. The summed E-state index contributed by atoms with van der Waals surface area (Å²) in [5, 5.41) is 2.86. The molecule has 88 valence electrons. The highest BCUT2D eigenvalue weighted by Crippen LogP contribution is 2.23. The Balaban J connectivity index is 1.98. The number of hydrogen-bond donors (Lipinski definition) is 1. The molecule has 2 nitrogen and oxygen atoms in total. The van der Waals surface area contributed by atoms with Crippen LogP contribution in [0, 0.1) is 0 Å². The Morgan fingerprint density at radius 2 is 2.06 bits per heavy atom. The number of hydrogen-bond acceptors (Lipinski definition) is 2. The van der Waals surface area contributed by atoms with Crippen molar-refractivity contribution in [1.29, 1.82) is 0 Å². The van der Waals surface area contributed by atoms with E-state index in [9.17, 15) is 4.79 Å². The molecule has 0 saturated carbocycles. The summed E-state index contributed by atoms with van der Waals surface area (Å²) in [6.07, 6.45) is 0.406. The predicted octanol–water partition coefficient (Wildman–Crippen LogP) is 4.45. The van der Waals surface area contributed by atoms with E-state index < -0.39 is 0 Å². The normalized spacial score (nSPS) is 10.2. The number of halogens is 2. The van der Waals surface area contributed by atoms with Crippen molar-refractivity contribution in [3.63, 3.8) is 0 Å². The second-order valence-electron chi connectivity index (χ2n) is 3.44. The van der Waals surface area contributed by atoms with Crippen molar-refractivity contribution in [1.82, 2.24) is 0 Å². The van der Waals surface area contributed by atoms with Crippen molar-refractivity contribution in [3.05, 3.63) is 49.5 Å². The van der Waals surface area contributed by atoms with Crippen molar-refractivity contribution in [2.24, 2.45) is 0 Å². The molecule has 1 amide bonds. The van der Waals surface area contributed by atoms with Gasteiger partial charge in [-0.05, 0) is 46.3 Å². The molecule has 0 aliphatic heterocycles. The number of carbonyl (C=O) groups excluding carboxylic acids is 1. The van der Waals surface area contributed by atoms with E-state index in [1.165, 1.54) is 0 Å². The van der Waals surface area contributed by atoms with Crippen LogP contribution in [0.5, 0.6) is 0 Å². The number of benzene rings is 1. The third kappa shape index (κ3) is 3.94. The average molecular weight is 375 g/mol. The minimum absolute atomic E-state index is 0.00236. The molecule has 0 aliphatic carbocycles. The molecule has 0 unspecified atom stereocenters. The summed E-state index contributed by atoms with van der Waals surface area (Å²) in [7, 11) is 0. The summed E-state index contributed by atoms with van der Waals surface area (Å²) in [6, 6.07) is 11.5. The molecule has 2 aromatic rings. The van der Waals surface area contributed by atoms with Gasteiger partial charge in [0.05, 0.1) is 10.2 Å². The van der Waals surface area contributed by atoms with Gasteiger partial charge >= 0.3 is 0 Å². The second kappa shape index (κ2) is 5.80. The second-order valence-corrected chi connectivity index (χ2v) is 6.90. The largest absolute Gasteiger partial charge is 0.326 e. The zero-order valence-electron chi connectivity index (χ0n) is 8.74. The average Bonchev–Trinajstić information content (AvgIpc) is 2.63. The Morgan fingerprint density at radius 3 is 2.71 bits per heavy atom. The highest BCUT2D eigenvalue weighted by molar-refractivity contribution is 9.11. The first-order valence-corrected chi connectivity index (χ1v) is 7.33. The van der Waals surface area contributed by atoms with Gasteiger partial charge < -0.3 is 5.32 Å². The lowest BCUT2D eigenvalue weighted by atomic mass is 10.3. The Kier molecular flexibility index (Phi) is 4.36. The van der Waals surface area contributed by atoms with Gasteiger partial charge in [0.1, 0.15) is 0 Å². The van der Waals surface area contributed by atoms with Crippen LogP contribution in [-0.4, -0.2) is 5.91 Å².